The van der Waals surface area contributed by atoms with Crippen LogP contribution in [0.25, 0.3) is 0 Å². The van der Waals surface area contributed by atoms with Crippen LogP contribution in [-0.4, -0.2) is 29.9 Å². The summed E-state index contributed by atoms with van der Waals surface area (Å²) >= 11 is 5.47. The van der Waals surface area contributed by atoms with E-state index in [4.69, 9.17) is 11.6 Å². The van der Waals surface area contributed by atoms with Crippen molar-refractivity contribution >= 4 is 23.3 Å². The smallest absolute Gasteiger partial charge is 0.324 e. The van der Waals surface area contributed by atoms with Crippen molar-refractivity contribution in [3.63, 3.8) is 0 Å². The van der Waals surface area contributed by atoms with Gasteiger partial charge in [-0.1, -0.05) is 11.6 Å². The molecule has 0 atom stereocenters. The Balaban J connectivity index is 2.07. The third-order valence-electron chi connectivity index (χ3n) is 3.31. The number of hydrogen-bond donors (Lipinski definition) is 1. The van der Waals surface area contributed by atoms with Crippen LogP contribution in [0.4, 0.5) is 32.4 Å². The van der Waals surface area contributed by atoms with Gasteiger partial charge in [-0.05, 0) is 18.2 Å². The van der Waals surface area contributed by atoms with Gasteiger partial charge in [0.1, 0.15) is 0 Å². The number of carbonyl (C=O) groups excluding carboxylic acids is 1. The number of hydrogen-bond acceptors (Lipinski definition) is 1. The van der Waals surface area contributed by atoms with Crippen LogP contribution in [0.2, 0.25) is 5.02 Å². The molecular formula is C13H12ClF5N2O. The predicted molar refractivity (Wildman–Crippen MR) is 71.2 cm³/mol. The molecule has 0 radical (unpaired) electrons. The number of rotatable bonds is 1. The monoisotopic (exact) mass is 342 g/mol. The van der Waals surface area contributed by atoms with Crippen molar-refractivity contribution in [3.05, 3.63) is 28.8 Å². The summed E-state index contributed by atoms with van der Waals surface area (Å²) in [5, 5.41) is 1.78. The largest absolute Gasteiger partial charge is 0.417 e. The third kappa shape index (κ3) is 4.00. The molecule has 1 aromatic carbocycles. The molecule has 3 nitrogen and oxygen atoms in total. The Kier molecular flexibility index (Phi) is 4.51. The SMILES string of the molecule is O=C(Nc1ccc(Cl)c(C(F)(F)F)c1)N1CCC(F)(F)CC1. The fourth-order valence-electron chi connectivity index (χ4n) is 2.06. The first kappa shape index (κ1) is 16.8. The summed E-state index contributed by atoms with van der Waals surface area (Å²) in [5.74, 6) is -2.81. The molecule has 0 saturated carbocycles. The van der Waals surface area contributed by atoms with Crippen LogP contribution in [0.5, 0.6) is 0 Å². The lowest BCUT2D eigenvalue weighted by Gasteiger charge is -2.31. The maximum absolute atomic E-state index is 13.0. The molecule has 1 aromatic rings. The summed E-state index contributed by atoms with van der Waals surface area (Å²) < 4.78 is 64.1. The second-order valence-corrected chi connectivity index (χ2v) is 5.37. The van der Waals surface area contributed by atoms with Gasteiger partial charge in [-0.15, -0.1) is 0 Å². The van der Waals surface area contributed by atoms with Gasteiger partial charge < -0.3 is 10.2 Å². The quantitative estimate of drug-likeness (QED) is 0.742. The van der Waals surface area contributed by atoms with E-state index in [2.05, 4.69) is 5.32 Å². The second kappa shape index (κ2) is 5.91. The van der Waals surface area contributed by atoms with E-state index in [9.17, 15) is 26.7 Å². The number of anilines is 1. The summed E-state index contributed by atoms with van der Waals surface area (Å²) in [6.45, 7) is -0.308. The van der Waals surface area contributed by atoms with Crippen LogP contribution in [0, 0.1) is 0 Å². The van der Waals surface area contributed by atoms with Crippen molar-refractivity contribution in [2.75, 3.05) is 18.4 Å². The topological polar surface area (TPSA) is 32.3 Å². The van der Waals surface area contributed by atoms with E-state index in [0.717, 1.165) is 11.0 Å². The number of amides is 2. The van der Waals surface area contributed by atoms with Crippen molar-refractivity contribution in [3.8, 4) is 0 Å². The van der Waals surface area contributed by atoms with Gasteiger partial charge in [-0.25, -0.2) is 13.6 Å². The Morgan fingerprint density at radius 1 is 1.23 bits per heavy atom. The first-order chi connectivity index (χ1) is 10.1. The van der Waals surface area contributed by atoms with E-state index >= 15 is 0 Å². The Labute approximate surface area is 128 Å². The Hall–Kier alpha value is -1.57. The molecule has 1 saturated heterocycles. The predicted octanol–water partition coefficient (Wildman–Crippen LogP) is 4.62. The highest BCUT2D eigenvalue weighted by Crippen LogP contribution is 2.36. The molecular weight excluding hydrogens is 331 g/mol. The van der Waals surface area contributed by atoms with Gasteiger partial charge in [-0.2, -0.15) is 13.2 Å². The molecule has 0 spiro atoms. The maximum Gasteiger partial charge on any atom is 0.417 e. The minimum absolute atomic E-state index is 0.0981. The lowest BCUT2D eigenvalue weighted by atomic mass is 10.1. The summed E-state index contributed by atoms with van der Waals surface area (Å²) in [6, 6.07) is 2.22. The number of halogens is 6. The van der Waals surface area contributed by atoms with Gasteiger partial charge in [0, 0.05) is 31.6 Å². The average Bonchev–Trinajstić information content (AvgIpc) is 2.39. The van der Waals surface area contributed by atoms with Crippen molar-refractivity contribution in [1.29, 1.82) is 0 Å². The van der Waals surface area contributed by atoms with Crippen LogP contribution in [0.3, 0.4) is 0 Å². The van der Waals surface area contributed by atoms with Gasteiger partial charge in [0.25, 0.3) is 5.92 Å². The normalized spacial score (nSPS) is 18.2. The standard InChI is InChI=1S/C13H12ClF5N2O/c14-10-2-1-8(7-9(10)13(17,18)19)20-11(22)21-5-3-12(15,16)4-6-21/h1-2,7H,3-6H2,(H,20,22). The molecule has 0 bridgehead atoms. The minimum Gasteiger partial charge on any atom is -0.324 e. The maximum atomic E-state index is 13.0. The fourth-order valence-corrected chi connectivity index (χ4v) is 2.28. The first-order valence-corrected chi connectivity index (χ1v) is 6.77. The number of piperidine rings is 1. The average molecular weight is 343 g/mol. The molecule has 0 aromatic heterocycles. The Morgan fingerprint density at radius 3 is 2.36 bits per heavy atom. The van der Waals surface area contributed by atoms with Gasteiger partial charge in [-0.3, -0.25) is 0 Å². The Morgan fingerprint density at radius 2 is 1.82 bits per heavy atom. The summed E-state index contributed by atoms with van der Waals surface area (Å²) in [5.41, 5.74) is -1.17. The van der Waals surface area contributed by atoms with Crippen LogP contribution < -0.4 is 5.32 Å². The van der Waals surface area contributed by atoms with Crippen LogP contribution in [-0.2, 0) is 6.18 Å². The van der Waals surface area contributed by atoms with E-state index in [-0.39, 0.29) is 18.8 Å². The van der Waals surface area contributed by atoms with Crippen molar-refractivity contribution in [1.82, 2.24) is 4.90 Å². The highest BCUT2D eigenvalue weighted by molar-refractivity contribution is 6.31. The molecule has 1 aliphatic heterocycles. The zero-order chi connectivity index (χ0) is 16.5. The molecule has 122 valence electrons. The lowest BCUT2D eigenvalue weighted by molar-refractivity contribution is -0.137. The lowest BCUT2D eigenvalue weighted by Crippen LogP contribution is -2.44. The molecule has 2 amide bonds. The summed E-state index contributed by atoms with van der Waals surface area (Å²) in [4.78, 5) is 13.0. The van der Waals surface area contributed by atoms with E-state index in [1.54, 1.807) is 0 Å². The number of nitrogens with one attached hydrogen (secondary N) is 1. The van der Waals surface area contributed by atoms with E-state index < -0.39 is 41.6 Å². The summed E-state index contributed by atoms with van der Waals surface area (Å²) in [7, 11) is 0. The molecule has 0 aliphatic carbocycles. The van der Waals surface area contributed by atoms with Gasteiger partial charge >= 0.3 is 12.2 Å². The van der Waals surface area contributed by atoms with Gasteiger partial charge in [0.2, 0.25) is 0 Å². The van der Waals surface area contributed by atoms with Crippen LogP contribution >= 0.6 is 11.6 Å². The number of benzene rings is 1. The molecule has 1 heterocycles. The van der Waals surface area contributed by atoms with Crippen molar-refractivity contribution in [2.45, 2.75) is 24.9 Å². The number of alkyl halides is 5. The zero-order valence-electron chi connectivity index (χ0n) is 11.2. The Bertz CT molecular complexity index is 566. The number of likely N-dealkylation sites (tertiary alicyclic amines) is 1. The van der Waals surface area contributed by atoms with Crippen molar-refractivity contribution < 1.29 is 26.7 Å². The summed E-state index contributed by atoms with van der Waals surface area (Å²) in [6.07, 6.45) is -5.57. The van der Waals surface area contributed by atoms with Gasteiger partial charge in [0.05, 0.1) is 10.6 Å². The number of carbonyl (C=O) groups is 1. The van der Waals surface area contributed by atoms with E-state index in [0.29, 0.717) is 6.07 Å². The zero-order valence-corrected chi connectivity index (χ0v) is 11.9. The highest BCUT2D eigenvalue weighted by Gasteiger charge is 2.36. The number of nitrogens with zero attached hydrogens (tertiary/aromatic N) is 1. The minimum atomic E-state index is -4.65. The third-order valence-corrected chi connectivity index (χ3v) is 3.63. The molecule has 1 aliphatic rings. The molecule has 1 N–H and O–H groups in total. The molecule has 9 heteroatoms. The van der Waals surface area contributed by atoms with E-state index in [1.165, 1.54) is 6.07 Å². The first-order valence-electron chi connectivity index (χ1n) is 6.39. The molecule has 22 heavy (non-hydrogen) atoms. The van der Waals surface area contributed by atoms with Crippen LogP contribution in [0.1, 0.15) is 18.4 Å². The fraction of sp³-hybridized carbons (Fsp3) is 0.462. The highest BCUT2D eigenvalue weighted by atomic mass is 35.5. The van der Waals surface area contributed by atoms with Crippen LogP contribution in [0.15, 0.2) is 18.2 Å². The molecule has 2 rings (SSSR count). The van der Waals surface area contributed by atoms with Crippen molar-refractivity contribution in [2.24, 2.45) is 0 Å². The van der Waals surface area contributed by atoms with E-state index in [1.807, 2.05) is 0 Å². The van der Waals surface area contributed by atoms with Gasteiger partial charge in [0.15, 0.2) is 0 Å². The molecule has 1 fully saturated rings. The number of urea groups is 1. The second-order valence-electron chi connectivity index (χ2n) is 4.97. The molecule has 0 unspecified atom stereocenters.